The van der Waals surface area contributed by atoms with Crippen molar-refractivity contribution in [3.63, 3.8) is 0 Å². The molecule has 0 saturated heterocycles. The first-order valence-corrected chi connectivity index (χ1v) is 12.9. The van der Waals surface area contributed by atoms with E-state index in [1.807, 2.05) is 0 Å². The van der Waals surface area contributed by atoms with Gasteiger partial charge in [-0.05, 0) is 52.1 Å². The molecule has 0 aliphatic carbocycles. The van der Waals surface area contributed by atoms with Crippen LogP contribution in [0.1, 0.15) is 16.7 Å². The number of hydrazine groups is 1. The van der Waals surface area contributed by atoms with Crippen LogP contribution >= 0.6 is 0 Å². The standard InChI is InChI=1S/C36H26N2/c1-5-13-27(14-6-1)31-23-34(29-17-9-3-10-18-29)33-21-22-37-35(30-19-11-4-12-20-30)25-32(26-38(37)36(33)24-31)28-15-7-2-8-16-28/h1-26H. The lowest BCUT2D eigenvalue weighted by atomic mass is 9.91. The fourth-order valence-corrected chi connectivity index (χ4v) is 5.31. The van der Waals surface area contributed by atoms with Crippen LogP contribution in [0.3, 0.4) is 0 Å². The minimum absolute atomic E-state index is 1.14. The zero-order valence-electron chi connectivity index (χ0n) is 20.9. The van der Waals surface area contributed by atoms with E-state index in [-0.39, 0.29) is 0 Å². The molecule has 180 valence electrons. The highest BCUT2D eigenvalue weighted by atomic mass is 15.6. The van der Waals surface area contributed by atoms with E-state index in [9.17, 15) is 0 Å². The van der Waals surface area contributed by atoms with Crippen molar-refractivity contribution >= 4 is 23.0 Å². The summed E-state index contributed by atoms with van der Waals surface area (Å²) in [5.74, 6) is 0. The highest BCUT2D eigenvalue weighted by Gasteiger charge is 2.28. The van der Waals surface area contributed by atoms with Crippen molar-refractivity contribution in [1.29, 1.82) is 0 Å². The first kappa shape index (κ1) is 22.1. The third-order valence-corrected chi connectivity index (χ3v) is 7.19. The molecular formula is C36H26N2. The van der Waals surface area contributed by atoms with Gasteiger partial charge in [-0.2, -0.15) is 0 Å². The molecule has 2 heteroatoms. The van der Waals surface area contributed by atoms with E-state index < -0.39 is 0 Å². The molecule has 0 atom stereocenters. The Hall–Kier alpha value is -5.08. The van der Waals surface area contributed by atoms with Gasteiger partial charge in [0.05, 0.1) is 11.4 Å². The molecular weight excluding hydrogens is 460 g/mol. The van der Waals surface area contributed by atoms with Crippen molar-refractivity contribution in [1.82, 2.24) is 5.01 Å². The Kier molecular flexibility index (Phi) is 5.49. The van der Waals surface area contributed by atoms with Gasteiger partial charge in [0.15, 0.2) is 0 Å². The monoisotopic (exact) mass is 486 g/mol. The summed E-state index contributed by atoms with van der Waals surface area (Å²) in [6.45, 7) is 0. The quantitative estimate of drug-likeness (QED) is 0.250. The lowest BCUT2D eigenvalue weighted by Crippen LogP contribution is -2.38. The number of anilines is 1. The number of hydrogen-bond donors (Lipinski definition) is 0. The first-order chi connectivity index (χ1) is 18.8. The van der Waals surface area contributed by atoms with Crippen molar-refractivity contribution in [3.8, 4) is 22.3 Å². The number of allylic oxidation sites excluding steroid dienone is 2. The van der Waals surface area contributed by atoms with Crippen LogP contribution in [0.2, 0.25) is 0 Å². The normalized spacial score (nSPS) is 13.9. The van der Waals surface area contributed by atoms with Crippen LogP contribution in [0.25, 0.3) is 39.6 Å². The molecule has 2 nitrogen and oxygen atoms in total. The van der Waals surface area contributed by atoms with Gasteiger partial charge in [0.25, 0.3) is 0 Å². The Morgan fingerprint density at radius 3 is 1.63 bits per heavy atom. The van der Waals surface area contributed by atoms with Gasteiger partial charge >= 0.3 is 0 Å². The summed E-state index contributed by atoms with van der Waals surface area (Å²) in [5, 5.41) is 4.56. The Balaban J connectivity index is 1.47. The lowest BCUT2D eigenvalue weighted by Gasteiger charge is -2.42. The number of benzene rings is 5. The van der Waals surface area contributed by atoms with Gasteiger partial charge in [-0.3, -0.25) is 10.0 Å². The van der Waals surface area contributed by atoms with Crippen LogP contribution in [-0.4, -0.2) is 5.01 Å². The Morgan fingerprint density at radius 1 is 0.447 bits per heavy atom. The van der Waals surface area contributed by atoms with Crippen LogP contribution in [0.15, 0.2) is 152 Å². The lowest BCUT2D eigenvalue weighted by molar-refractivity contribution is 0.531. The van der Waals surface area contributed by atoms with Crippen LogP contribution in [0, 0.1) is 0 Å². The van der Waals surface area contributed by atoms with E-state index in [4.69, 9.17) is 0 Å². The maximum absolute atomic E-state index is 2.32. The average molecular weight is 487 g/mol. The number of nitrogens with zero attached hydrogens (tertiary/aromatic N) is 2. The van der Waals surface area contributed by atoms with E-state index in [2.05, 4.69) is 168 Å². The van der Waals surface area contributed by atoms with Gasteiger partial charge in [-0.1, -0.05) is 121 Å². The van der Waals surface area contributed by atoms with Crippen molar-refractivity contribution in [2.24, 2.45) is 0 Å². The van der Waals surface area contributed by atoms with Gasteiger partial charge in [0, 0.05) is 29.1 Å². The fourth-order valence-electron chi connectivity index (χ4n) is 5.31. The van der Waals surface area contributed by atoms with Crippen molar-refractivity contribution in [3.05, 3.63) is 169 Å². The summed E-state index contributed by atoms with van der Waals surface area (Å²) in [7, 11) is 0. The van der Waals surface area contributed by atoms with Crippen LogP contribution in [0.5, 0.6) is 0 Å². The van der Waals surface area contributed by atoms with E-state index in [1.54, 1.807) is 0 Å². The zero-order valence-corrected chi connectivity index (χ0v) is 20.9. The van der Waals surface area contributed by atoms with Crippen LogP contribution in [0.4, 0.5) is 5.69 Å². The van der Waals surface area contributed by atoms with Crippen molar-refractivity contribution in [2.45, 2.75) is 0 Å². The Morgan fingerprint density at radius 2 is 1.00 bits per heavy atom. The van der Waals surface area contributed by atoms with E-state index in [0.29, 0.717) is 0 Å². The molecule has 0 saturated carbocycles. The topological polar surface area (TPSA) is 6.48 Å². The summed E-state index contributed by atoms with van der Waals surface area (Å²) in [4.78, 5) is 0. The molecule has 2 aliphatic heterocycles. The maximum atomic E-state index is 2.32. The molecule has 38 heavy (non-hydrogen) atoms. The molecule has 0 bridgehead atoms. The summed E-state index contributed by atoms with van der Waals surface area (Å²) in [5.41, 5.74) is 11.9. The minimum atomic E-state index is 1.14. The maximum Gasteiger partial charge on any atom is 0.0715 e. The Bertz CT molecular complexity index is 1680. The second kappa shape index (κ2) is 9.42. The average Bonchev–Trinajstić information content (AvgIpc) is 3.01. The predicted octanol–water partition coefficient (Wildman–Crippen LogP) is 9.12. The molecule has 2 heterocycles. The Labute approximate surface area is 223 Å². The molecule has 5 aromatic carbocycles. The molecule has 0 amide bonds. The highest BCUT2D eigenvalue weighted by molar-refractivity contribution is 5.95. The zero-order chi connectivity index (χ0) is 25.3. The van der Waals surface area contributed by atoms with Gasteiger partial charge in [-0.25, -0.2) is 0 Å². The summed E-state index contributed by atoms with van der Waals surface area (Å²) in [6.07, 6.45) is 8.98. The van der Waals surface area contributed by atoms with Crippen molar-refractivity contribution < 1.29 is 0 Å². The second-order valence-electron chi connectivity index (χ2n) is 9.54. The van der Waals surface area contributed by atoms with Crippen LogP contribution < -0.4 is 5.01 Å². The molecule has 0 fully saturated rings. The summed E-state index contributed by atoms with van der Waals surface area (Å²) < 4.78 is 0. The second-order valence-corrected chi connectivity index (χ2v) is 9.54. The SMILES string of the molecule is C1=CN2C(c3ccccc3)=CC(c3ccccc3)=CN2c2cc(-c3ccccc3)cc(-c3ccccc3)c21. The third-order valence-electron chi connectivity index (χ3n) is 7.19. The fraction of sp³-hybridized carbons (Fsp3) is 0. The number of fused-ring (bicyclic) bond motifs is 3. The van der Waals surface area contributed by atoms with Gasteiger partial charge < -0.3 is 0 Å². The van der Waals surface area contributed by atoms with Gasteiger partial charge in [0.1, 0.15) is 0 Å². The first-order valence-electron chi connectivity index (χ1n) is 12.9. The molecule has 0 N–H and O–H groups in total. The molecule has 2 aliphatic rings. The molecule has 0 radical (unpaired) electrons. The third kappa shape index (κ3) is 3.93. The van der Waals surface area contributed by atoms with E-state index in [1.165, 1.54) is 44.5 Å². The minimum Gasteiger partial charge on any atom is -0.256 e. The van der Waals surface area contributed by atoms with E-state index in [0.717, 1.165) is 11.4 Å². The molecule has 0 spiro atoms. The van der Waals surface area contributed by atoms with E-state index >= 15 is 0 Å². The summed E-state index contributed by atoms with van der Waals surface area (Å²) in [6, 6.07) is 47.2. The smallest absolute Gasteiger partial charge is 0.0715 e. The number of hydrogen-bond acceptors (Lipinski definition) is 2. The van der Waals surface area contributed by atoms with Gasteiger partial charge in [0.2, 0.25) is 0 Å². The molecule has 7 rings (SSSR count). The van der Waals surface area contributed by atoms with Gasteiger partial charge in [-0.15, -0.1) is 0 Å². The summed E-state index contributed by atoms with van der Waals surface area (Å²) >= 11 is 0. The highest BCUT2D eigenvalue weighted by Crippen LogP contribution is 2.44. The largest absolute Gasteiger partial charge is 0.256 e. The van der Waals surface area contributed by atoms with Crippen molar-refractivity contribution in [2.75, 3.05) is 5.01 Å². The molecule has 0 aromatic heterocycles. The van der Waals surface area contributed by atoms with Crippen LogP contribution in [-0.2, 0) is 0 Å². The molecule has 0 unspecified atom stereocenters. The molecule has 5 aromatic rings. The number of rotatable bonds is 4. The predicted molar refractivity (Wildman–Crippen MR) is 160 cm³/mol.